The van der Waals surface area contributed by atoms with Gasteiger partial charge < -0.3 is 10.1 Å². The number of anilines is 1. The molecule has 36 heavy (non-hydrogen) atoms. The first-order valence-electron chi connectivity index (χ1n) is 11.9. The standard InChI is InChI=1S/C28H27N5O2S/c34-25(29-24-13-11-21(12-14-24)19-33-15-17-35-18-16-33)20-36-28-30-26(22-7-3-1-4-8-22)27(31-32-28)23-9-5-2-6-10-23/h1-14H,15-20H2,(H,29,34). The fraction of sp³-hybridized carbons (Fsp3) is 0.214. The number of rotatable bonds is 8. The summed E-state index contributed by atoms with van der Waals surface area (Å²) >= 11 is 1.27. The second kappa shape index (κ2) is 11.9. The quantitative estimate of drug-likeness (QED) is 0.351. The molecule has 1 amide bonds. The summed E-state index contributed by atoms with van der Waals surface area (Å²) in [6, 6.07) is 27.8. The van der Waals surface area contributed by atoms with E-state index in [1.807, 2.05) is 72.8 Å². The van der Waals surface area contributed by atoms with E-state index in [0.29, 0.717) is 10.9 Å². The van der Waals surface area contributed by atoms with Gasteiger partial charge in [-0.15, -0.1) is 10.2 Å². The van der Waals surface area contributed by atoms with Gasteiger partial charge in [0.1, 0.15) is 11.4 Å². The van der Waals surface area contributed by atoms with E-state index in [4.69, 9.17) is 9.72 Å². The van der Waals surface area contributed by atoms with Crippen molar-refractivity contribution in [2.24, 2.45) is 0 Å². The molecule has 182 valence electrons. The highest BCUT2D eigenvalue weighted by molar-refractivity contribution is 7.99. The zero-order valence-electron chi connectivity index (χ0n) is 19.8. The number of carbonyl (C=O) groups is 1. The van der Waals surface area contributed by atoms with Crippen molar-refractivity contribution in [1.82, 2.24) is 20.1 Å². The molecule has 3 aromatic carbocycles. The number of hydrogen-bond donors (Lipinski definition) is 1. The average molecular weight is 498 g/mol. The number of nitrogens with zero attached hydrogens (tertiary/aromatic N) is 4. The van der Waals surface area contributed by atoms with Crippen LogP contribution in [0.15, 0.2) is 90.1 Å². The fourth-order valence-corrected chi connectivity index (χ4v) is 4.58. The summed E-state index contributed by atoms with van der Waals surface area (Å²) < 4.78 is 5.41. The monoisotopic (exact) mass is 497 g/mol. The molecule has 7 nitrogen and oxygen atoms in total. The van der Waals surface area contributed by atoms with Gasteiger partial charge in [0.05, 0.1) is 19.0 Å². The number of thioether (sulfide) groups is 1. The zero-order valence-corrected chi connectivity index (χ0v) is 20.7. The van der Waals surface area contributed by atoms with Crippen molar-refractivity contribution in [3.63, 3.8) is 0 Å². The largest absolute Gasteiger partial charge is 0.379 e. The van der Waals surface area contributed by atoms with E-state index >= 15 is 0 Å². The summed E-state index contributed by atoms with van der Waals surface area (Å²) in [5.74, 6) is 0.0776. The van der Waals surface area contributed by atoms with Crippen LogP contribution < -0.4 is 5.32 Å². The normalized spacial score (nSPS) is 13.9. The van der Waals surface area contributed by atoms with Crippen LogP contribution >= 0.6 is 11.8 Å². The maximum atomic E-state index is 12.6. The minimum Gasteiger partial charge on any atom is -0.379 e. The van der Waals surface area contributed by atoms with E-state index in [2.05, 4.69) is 32.5 Å². The Bertz CT molecular complexity index is 1280. The summed E-state index contributed by atoms with van der Waals surface area (Å²) in [4.78, 5) is 19.7. The molecule has 5 rings (SSSR count). The highest BCUT2D eigenvalue weighted by atomic mass is 32.2. The number of hydrogen-bond acceptors (Lipinski definition) is 7. The maximum absolute atomic E-state index is 12.6. The number of morpholine rings is 1. The van der Waals surface area contributed by atoms with Crippen LogP contribution in [0.25, 0.3) is 22.5 Å². The fourth-order valence-electron chi connectivity index (χ4n) is 4.00. The Morgan fingerprint density at radius 2 is 1.47 bits per heavy atom. The minimum absolute atomic E-state index is 0.113. The first-order chi connectivity index (χ1) is 17.7. The van der Waals surface area contributed by atoms with Gasteiger partial charge in [0.25, 0.3) is 0 Å². The van der Waals surface area contributed by atoms with Crippen LogP contribution in [-0.4, -0.2) is 58.0 Å². The molecule has 0 bridgehead atoms. The molecule has 1 saturated heterocycles. The summed E-state index contributed by atoms with van der Waals surface area (Å²) in [7, 11) is 0. The van der Waals surface area contributed by atoms with E-state index in [9.17, 15) is 4.79 Å². The third kappa shape index (κ3) is 6.34. The molecule has 1 aromatic heterocycles. The van der Waals surface area contributed by atoms with Crippen molar-refractivity contribution in [3.05, 3.63) is 90.5 Å². The van der Waals surface area contributed by atoms with Crippen molar-refractivity contribution >= 4 is 23.4 Å². The summed E-state index contributed by atoms with van der Waals surface area (Å²) in [5, 5.41) is 12.2. The molecule has 0 spiro atoms. The molecule has 0 aliphatic carbocycles. The van der Waals surface area contributed by atoms with Gasteiger partial charge in [-0.3, -0.25) is 9.69 Å². The average Bonchev–Trinajstić information content (AvgIpc) is 2.94. The van der Waals surface area contributed by atoms with Gasteiger partial charge in [0.2, 0.25) is 11.1 Å². The van der Waals surface area contributed by atoms with E-state index in [-0.39, 0.29) is 11.7 Å². The molecule has 2 heterocycles. The predicted octanol–water partition coefficient (Wildman–Crippen LogP) is 4.77. The van der Waals surface area contributed by atoms with Crippen LogP contribution in [0.3, 0.4) is 0 Å². The molecule has 0 saturated carbocycles. The molecule has 4 aromatic rings. The lowest BCUT2D eigenvalue weighted by molar-refractivity contribution is -0.113. The topological polar surface area (TPSA) is 80.2 Å². The van der Waals surface area contributed by atoms with Crippen molar-refractivity contribution in [2.75, 3.05) is 37.4 Å². The third-order valence-corrected chi connectivity index (χ3v) is 6.68. The third-order valence-electron chi connectivity index (χ3n) is 5.84. The van der Waals surface area contributed by atoms with Crippen LogP contribution in [0.1, 0.15) is 5.56 Å². The lowest BCUT2D eigenvalue weighted by Crippen LogP contribution is -2.35. The van der Waals surface area contributed by atoms with Crippen molar-refractivity contribution in [1.29, 1.82) is 0 Å². The molecule has 1 N–H and O–H groups in total. The number of nitrogens with one attached hydrogen (secondary N) is 1. The summed E-state index contributed by atoms with van der Waals surface area (Å²) in [5.41, 5.74) is 5.35. The SMILES string of the molecule is O=C(CSc1nnc(-c2ccccc2)c(-c2ccccc2)n1)Nc1ccc(CN2CCOCC2)cc1. The van der Waals surface area contributed by atoms with Crippen molar-refractivity contribution in [3.8, 4) is 22.5 Å². The Labute approximate surface area is 214 Å². The Morgan fingerprint density at radius 3 is 2.14 bits per heavy atom. The maximum Gasteiger partial charge on any atom is 0.234 e. The molecule has 1 aliphatic heterocycles. The molecular weight excluding hydrogens is 470 g/mol. The van der Waals surface area contributed by atoms with Crippen LogP contribution in [0.2, 0.25) is 0 Å². The van der Waals surface area contributed by atoms with Crippen LogP contribution in [0, 0.1) is 0 Å². The lowest BCUT2D eigenvalue weighted by Gasteiger charge is -2.26. The van der Waals surface area contributed by atoms with Crippen LogP contribution in [0.5, 0.6) is 0 Å². The molecule has 0 radical (unpaired) electrons. The second-order valence-corrected chi connectivity index (χ2v) is 9.39. The Kier molecular flexibility index (Phi) is 7.97. The highest BCUT2D eigenvalue weighted by Crippen LogP contribution is 2.29. The van der Waals surface area contributed by atoms with Gasteiger partial charge in [-0.2, -0.15) is 0 Å². The van der Waals surface area contributed by atoms with E-state index < -0.39 is 0 Å². The van der Waals surface area contributed by atoms with Gasteiger partial charge in [-0.1, -0.05) is 84.6 Å². The van der Waals surface area contributed by atoms with Crippen molar-refractivity contribution < 1.29 is 9.53 Å². The molecule has 1 aliphatic rings. The van der Waals surface area contributed by atoms with Crippen molar-refractivity contribution in [2.45, 2.75) is 11.7 Å². The molecule has 0 atom stereocenters. The van der Waals surface area contributed by atoms with E-state index in [1.54, 1.807) is 0 Å². The Hall–Kier alpha value is -3.59. The van der Waals surface area contributed by atoms with Gasteiger partial charge in [-0.05, 0) is 17.7 Å². The molecule has 0 unspecified atom stereocenters. The van der Waals surface area contributed by atoms with Crippen LogP contribution in [-0.2, 0) is 16.1 Å². The Balaban J connectivity index is 1.22. The molecule has 1 fully saturated rings. The Morgan fingerprint density at radius 1 is 0.833 bits per heavy atom. The summed E-state index contributed by atoms with van der Waals surface area (Å²) in [6.07, 6.45) is 0. The smallest absolute Gasteiger partial charge is 0.234 e. The van der Waals surface area contributed by atoms with E-state index in [0.717, 1.165) is 55.4 Å². The molecule has 8 heteroatoms. The minimum atomic E-state index is -0.113. The van der Waals surface area contributed by atoms with E-state index in [1.165, 1.54) is 17.3 Å². The first kappa shape index (κ1) is 24.1. The first-order valence-corrected chi connectivity index (χ1v) is 12.9. The second-order valence-electron chi connectivity index (χ2n) is 8.45. The number of amides is 1. The van der Waals surface area contributed by atoms with Crippen LogP contribution in [0.4, 0.5) is 5.69 Å². The van der Waals surface area contributed by atoms with Gasteiger partial charge in [0.15, 0.2) is 0 Å². The predicted molar refractivity (Wildman–Crippen MR) is 143 cm³/mol. The summed E-state index contributed by atoms with van der Waals surface area (Å²) in [6.45, 7) is 4.36. The van der Waals surface area contributed by atoms with Gasteiger partial charge >= 0.3 is 0 Å². The zero-order chi connectivity index (χ0) is 24.6. The van der Waals surface area contributed by atoms with Gasteiger partial charge in [0, 0.05) is 36.4 Å². The van der Waals surface area contributed by atoms with Gasteiger partial charge in [-0.25, -0.2) is 4.98 Å². The number of benzene rings is 3. The number of aromatic nitrogens is 3. The number of ether oxygens (including phenoxy) is 1. The molecular formula is C28H27N5O2S. The highest BCUT2D eigenvalue weighted by Gasteiger charge is 2.15. The lowest BCUT2D eigenvalue weighted by atomic mass is 10.0. The number of carbonyl (C=O) groups excluding carboxylic acids is 1.